The maximum Gasteiger partial charge on any atom is 0.416 e. The predicted octanol–water partition coefficient (Wildman–Crippen LogP) is 4.96. The number of likely N-dealkylation sites (N-methyl/N-ethyl adjacent to an activating group) is 1. The van der Waals surface area contributed by atoms with E-state index in [9.17, 15) is 31.9 Å². The highest BCUT2D eigenvalue weighted by atomic mass is 19.4. The number of benzene rings is 3. The van der Waals surface area contributed by atoms with Crippen molar-refractivity contribution in [3.8, 4) is 11.8 Å². The van der Waals surface area contributed by atoms with Gasteiger partial charge in [0.15, 0.2) is 6.29 Å². The summed E-state index contributed by atoms with van der Waals surface area (Å²) in [6, 6.07) is 18.5. The van der Waals surface area contributed by atoms with E-state index in [-0.39, 0.29) is 30.5 Å². The van der Waals surface area contributed by atoms with Crippen molar-refractivity contribution in [1.29, 1.82) is 5.26 Å². The molecule has 14 heteroatoms. The Hall–Kier alpha value is -5.39. The van der Waals surface area contributed by atoms with Crippen LogP contribution < -0.4 is 10.2 Å². The second-order valence-corrected chi connectivity index (χ2v) is 11.2. The van der Waals surface area contributed by atoms with Crippen LogP contribution in [0.4, 0.5) is 23.4 Å². The number of fused-ring (bicyclic) bond motifs is 1. The molecule has 1 aliphatic rings. The van der Waals surface area contributed by atoms with Crippen molar-refractivity contribution in [1.82, 2.24) is 20.0 Å². The van der Waals surface area contributed by atoms with E-state index in [1.54, 1.807) is 42.2 Å². The van der Waals surface area contributed by atoms with Crippen molar-refractivity contribution in [2.24, 2.45) is 0 Å². The number of hydrogen-bond acceptors (Lipinski definition) is 7. The average Bonchev–Trinajstić information content (AvgIpc) is 3.47. The first-order valence-corrected chi connectivity index (χ1v) is 15.2. The van der Waals surface area contributed by atoms with Gasteiger partial charge in [-0.3, -0.25) is 24.2 Å². The molecule has 0 aliphatic carbocycles. The smallest absolute Gasteiger partial charge is 0.396 e. The van der Waals surface area contributed by atoms with E-state index < -0.39 is 41.3 Å². The molecule has 1 aromatic heterocycles. The van der Waals surface area contributed by atoms with Gasteiger partial charge in [0.25, 0.3) is 11.8 Å². The molecule has 49 heavy (non-hydrogen) atoms. The molecule has 0 spiro atoms. The Bertz CT molecular complexity index is 1820. The van der Waals surface area contributed by atoms with Crippen LogP contribution in [0.5, 0.6) is 0 Å². The van der Waals surface area contributed by atoms with Gasteiger partial charge in [-0.1, -0.05) is 36.4 Å². The van der Waals surface area contributed by atoms with Crippen molar-refractivity contribution in [3.05, 3.63) is 113 Å². The SMILES string of the molecule is CCN1C(=O)C(NC(=O)c2cccc(C(F)(F)F)c2)C(c2ccc(F)cc2)c2c(C=O)nn(-c3ccccc3)c21.CN(C)[C@@H](C#N)CCO. The number of para-hydroxylation sites is 1. The summed E-state index contributed by atoms with van der Waals surface area (Å²) in [7, 11) is 3.65. The minimum absolute atomic E-state index is 0.00236. The van der Waals surface area contributed by atoms with Gasteiger partial charge in [-0.15, -0.1) is 0 Å². The lowest BCUT2D eigenvalue weighted by Gasteiger charge is -2.38. The van der Waals surface area contributed by atoms with Gasteiger partial charge in [0.05, 0.1) is 23.4 Å². The molecule has 4 aromatic rings. The summed E-state index contributed by atoms with van der Waals surface area (Å²) >= 11 is 0. The number of aldehydes is 1. The summed E-state index contributed by atoms with van der Waals surface area (Å²) in [5.74, 6) is -2.72. The molecule has 256 valence electrons. The Kier molecular flexibility index (Phi) is 11.7. The Morgan fingerprint density at radius 3 is 2.31 bits per heavy atom. The quantitative estimate of drug-likeness (QED) is 0.189. The van der Waals surface area contributed by atoms with E-state index in [0.29, 0.717) is 41.4 Å². The van der Waals surface area contributed by atoms with Crippen LogP contribution >= 0.6 is 0 Å². The minimum Gasteiger partial charge on any atom is -0.396 e. The van der Waals surface area contributed by atoms with Crippen LogP contribution in [0.15, 0.2) is 78.9 Å². The van der Waals surface area contributed by atoms with Gasteiger partial charge < -0.3 is 10.4 Å². The van der Waals surface area contributed by atoms with Crippen LogP contribution in [0.2, 0.25) is 0 Å². The van der Waals surface area contributed by atoms with E-state index in [2.05, 4.69) is 16.5 Å². The molecule has 0 radical (unpaired) electrons. The highest BCUT2D eigenvalue weighted by Gasteiger charge is 2.46. The normalized spacial score (nSPS) is 16.2. The van der Waals surface area contributed by atoms with E-state index in [4.69, 9.17) is 10.4 Å². The lowest BCUT2D eigenvalue weighted by molar-refractivity contribution is -0.137. The first kappa shape index (κ1) is 36.4. The molecular formula is C35H34F4N6O4. The summed E-state index contributed by atoms with van der Waals surface area (Å²) in [5, 5.41) is 23.9. The Morgan fingerprint density at radius 1 is 1.10 bits per heavy atom. The van der Waals surface area contributed by atoms with Gasteiger partial charge in [0.2, 0.25) is 0 Å². The van der Waals surface area contributed by atoms with Crippen LogP contribution in [-0.2, 0) is 11.0 Å². The van der Waals surface area contributed by atoms with Gasteiger partial charge in [0.1, 0.15) is 23.4 Å². The van der Waals surface area contributed by atoms with Gasteiger partial charge in [0, 0.05) is 30.2 Å². The third kappa shape index (κ3) is 8.02. The molecule has 2 N–H and O–H groups in total. The van der Waals surface area contributed by atoms with Crippen LogP contribution in [0, 0.1) is 17.1 Å². The zero-order chi connectivity index (χ0) is 35.9. The molecule has 0 saturated carbocycles. The number of anilines is 1. The summed E-state index contributed by atoms with van der Waals surface area (Å²) in [4.78, 5) is 42.7. The Morgan fingerprint density at radius 2 is 1.78 bits per heavy atom. The highest BCUT2D eigenvalue weighted by Crippen LogP contribution is 2.43. The lowest BCUT2D eigenvalue weighted by Crippen LogP contribution is -2.55. The zero-order valence-electron chi connectivity index (χ0n) is 26.9. The largest absolute Gasteiger partial charge is 0.416 e. The van der Waals surface area contributed by atoms with Gasteiger partial charge >= 0.3 is 6.18 Å². The van der Waals surface area contributed by atoms with Crippen LogP contribution in [-0.4, -0.2) is 77.2 Å². The van der Waals surface area contributed by atoms with Crippen LogP contribution in [0.3, 0.4) is 0 Å². The lowest BCUT2D eigenvalue weighted by atomic mass is 9.81. The molecule has 2 amide bonds. The average molecular weight is 679 g/mol. The molecule has 0 fully saturated rings. The van der Waals surface area contributed by atoms with Crippen molar-refractivity contribution < 1.29 is 37.1 Å². The zero-order valence-corrected chi connectivity index (χ0v) is 26.9. The summed E-state index contributed by atoms with van der Waals surface area (Å²) in [6.07, 6.45) is -3.61. The fourth-order valence-corrected chi connectivity index (χ4v) is 5.52. The number of nitriles is 1. The molecule has 5 rings (SSSR count). The maximum absolute atomic E-state index is 14.0. The minimum atomic E-state index is -4.67. The number of nitrogens with one attached hydrogen (secondary N) is 1. The van der Waals surface area contributed by atoms with Gasteiger partial charge in [-0.25, -0.2) is 9.07 Å². The number of amides is 2. The standard InChI is InChI=1S/C29H22F4N4O3.C6H12N2O/c1-2-36-27-24(22(16-38)35-37(27)21-9-4-3-5-10-21)23(17-11-13-20(30)14-12-17)25(28(36)40)34-26(39)18-7-6-8-19(15-18)29(31,32)33;1-8(2)6(5-7)3-4-9/h3-16,23,25H,2H2,1H3,(H,34,39);6,9H,3-4H2,1-2H3/t;6-/m.1/s1. The fraction of sp³-hybridized carbons (Fsp3) is 0.286. The van der Waals surface area contributed by atoms with E-state index in [1.165, 1.54) is 39.9 Å². The van der Waals surface area contributed by atoms with Crippen LogP contribution in [0.1, 0.15) is 56.8 Å². The van der Waals surface area contributed by atoms with Crippen molar-refractivity contribution in [2.45, 2.75) is 37.5 Å². The predicted molar refractivity (Wildman–Crippen MR) is 173 cm³/mol. The van der Waals surface area contributed by atoms with E-state index in [0.717, 1.165) is 12.1 Å². The Balaban J connectivity index is 0.000000529. The first-order chi connectivity index (χ1) is 23.4. The number of carbonyl (C=O) groups excluding carboxylic acids is 3. The number of aliphatic hydroxyl groups excluding tert-OH is 1. The van der Waals surface area contributed by atoms with Crippen molar-refractivity contribution in [3.63, 3.8) is 0 Å². The molecule has 2 heterocycles. The summed E-state index contributed by atoms with van der Waals surface area (Å²) in [6.45, 7) is 1.92. The number of carbonyl (C=O) groups is 3. The molecule has 10 nitrogen and oxygen atoms in total. The number of aliphatic hydroxyl groups is 1. The fourth-order valence-electron chi connectivity index (χ4n) is 5.52. The molecule has 0 saturated heterocycles. The Labute approximate surface area is 280 Å². The summed E-state index contributed by atoms with van der Waals surface area (Å²) < 4.78 is 55.2. The highest BCUT2D eigenvalue weighted by molar-refractivity contribution is 6.06. The number of nitrogens with zero attached hydrogens (tertiary/aromatic N) is 5. The van der Waals surface area contributed by atoms with Crippen molar-refractivity contribution in [2.75, 3.05) is 32.1 Å². The summed E-state index contributed by atoms with van der Waals surface area (Å²) in [5.41, 5.74) is -0.0297. The third-order valence-corrected chi connectivity index (χ3v) is 7.93. The number of halogens is 4. The number of aromatic nitrogens is 2. The van der Waals surface area contributed by atoms with Crippen LogP contribution in [0.25, 0.3) is 5.69 Å². The monoisotopic (exact) mass is 678 g/mol. The molecular weight excluding hydrogens is 644 g/mol. The molecule has 3 aromatic carbocycles. The number of rotatable bonds is 9. The maximum atomic E-state index is 14.0. The van der Waals surface area contributed by atoms with E-state index in [1.807, 2.05) is 14.1 Å². The number of alkyl halides is 3. The van der Waals surface area contributed by atoms with E-state index >= 15 is 0 Å². The van der Waals surface area contributed by atoms with Crippen molar-refractivity contribution >= 4 is 23.9 Å². The van der Waals surface area contributed by atoms with Gasteiger partial charge in [-0.2, -0.15) is 23.5 Å². The molecule has 2 unspecified atom stereocenters. The molecule has 3 atom stereocenters. The second-order valence-electron chi connectivity index (χ2n) is 11.2. The second kappa shape index (κ2) is 15.7. The van der Waals surface area contributed by atoms with Gasteiger partial charge in [-0.05, 0) is 75.5 Å². The number of hydrogen-bond donors (Lipinski definition) is 2. The first-order valence-electron chi connectivity index (χ1n) is 15.2. The topological polar surface area (TPSA) is 132 Å². The third-order valence-electron chi connectivity index (χ3n) is 7.93. The molecule has 0 bridgehead atoms. The molecule has 1 aliphatic heterocycles.